The van der Waals surface area contributed by atoms with Gasteiger partial charge in [0.15, 0.2) is 5.13 Å². The van der Waals surface area contributed by atoms with Gasteiger partial charge in [-0.05, 0) is 36.4 Å². The third-order valence-corrected chi connectivity index (χ3v) is 6.53. The summed E-state index contributed by atoms with van der Waals surface area (Å²) in [5.41, 5.74) is 0.276. The Balaban J connectivity index is 0.00000210. The summed E-state index contributed by atoms with van der Waals surface area (Å²) in [5, 5.41) is 17.6. The molecule has 1 heterocycles. The lowest BCUT2D eigenvalue weighted by molar-refractivity contribution is -0.138. The molecule has 1 unspecified atom stereocenters. The zero-order chi connectivity index (χ0) is 25.7. The van der Waals surface area contributed by atoms with Crippen molar-refractivity contribution in [2.24, 2.45) is 0 Å². The summed E-state index contributed by atoms with van der Waals surface area (Å²) in [7, 11) is -4.06. The van der Waals surface area contributed by atoms with Gasteiger partial charge >= 0.3 is 5.97 Å². The molecule has 1 amide bonds. The minimum atomic E-state index is -4.06. The minimum absolute atomic E-state index is 0.0694. The maximum atomic E-state index is 12.4. The topological polar surface area (TPSA) is 147 Å². The van der Waals surface area contributed by atoms with Crippen molar-refractivity contribution in [2.75, 3.05) is 25.0 Å². The molecule has 3 rings (SSSR count). The number of hydrogen-bond donors (Lipinski definition) is 4. The van der Waals surface area contributed by atoms with Gasteiger partial charge in [0.25, 0.3) is 5.91 Å². The van der Waals surface area contributed by atoms with Crippen LogP contribution in [0.3, 0.4) is 0 Å². The average molecular weight is 521 g/mol. The van der Waals surface area contributed by atoms with Crippen LogP contribution in [0.25, 0.3) is 0 Å². The van der Waals surface area contributed by atoms with Crippen LogP contribution in [0.5, 0.6) is 5.75 Å². The van der Waals surface area contributed by atoms with E-state index in [1.54, 1.807) is 24.4 Å². The Kier molecular flexibility index (Phi) is 11.1. The number of aliphatic carboxylic acids is 1. The molecule has 35 heavy (non-hydrogen) atoms. The Labute approximate surface area is 208 Å². The van der Waals surface area contributed by atoms with E-state index in [9.17, 15) is 23.1 Å². The van der Waals surface area contributed by atoms with Gasteiger partial charge in [-0.15, -0.1) is 11.3 Å². The number of sulfonamides is 1. The number of rotatable bonds is 12. The molecule has 1 aromatic heterocycles. The van der Waals surface area contributed by atoms with Crippen LogP contribution in [0.15, 0.2) is 71.1 Å². The Bertz CT molecular complexity index is 1150. The highest BCUT2D eigenvalue weighted by Crippen LogP contribution is 2.13. The molecule has 0 aliphatic heterocycles. The molecule has 1 atom stereocenters. The van der Waals surface area contributed by atoms with Gasteiger partial charge < -0.3 is 20.5 Å². The van der Waals surface area contributed by atoms with Crippen molar-refractivity contribution in [3.63, 3.8) is 0 Å². The van der Waals surface area contributed by atoms with E-state index < -0.39 is 34.5 Å². The van der Waals surface area contributed by atoms with E-state index in [0.29, 0.717) is 18.9 Å². The average Bonchev–Trinajstić information content (AvgIpc) is 3.40. The van der Waals surface area contributed by atoms with Crippen LogP contribution in [0, 0.1) is 0 Å². The van der Waals surface area contributed by atoms with Crippen LogP contribution in [0.4, 0.5) is 5.13 Å². The van der Waals surface area contributed by atoms with Gasteiger partial charge in [0.2, 0.25) is 10.0 Å². The van der Waals surface area contributed by atoms with E-state index in [-0.39, 0.29) is 10.5 Å². The maximum Gasteiger partial charge on any atom is 0.323 e. The number of nitrogens with zero attached hydrogens (tertiary/aromatic N) is 1. The van der Waals surface area contributed by atoms with E-state index >= 15 is 0 Å². The molecule has 3 aromatic rings. The highest BCUT2D eigenvalue weighted by molar-refractivity contribution is 7.89. The summed E-state index contributed by atoms with van der Waals surface area (Å²) in [6.45, 7) is 4.53. The predicted molar refractivity (Wildman–Crippen MR) is 134 cm³/mol. The second-order valence-corrected chi connectivity index (χ2v) is 9.28. The molecule has 10 nitrogen and oxygen atoms in total. The number of carbonyl (C=O) groups is 2. The molecule has 0 radical (unpaired) electrons. The SMILES string of the molecule is CC.O=C(NCC(NS(=O)(=O)c1ccccc1)C(=O)O)c1ccc(OCCNc2nccs2)cc1. The summed E-state index contributed by atoms with van der Waals surface area (Å²) < 4.78 is 32.4. The van der Waals surface area contributed by atoms with E-state index in [2.05, 4.69) is 20.3 Å². The Morgan fingerprint density at radius 2 is 1.77 bits per heavy atom. The molecule has 0 aliphatic carbocycles. The van der Waals surface area contributed by atoms with Crippen molar-refractivity contribution in [3.05, 3.63) is 71.7 Å². The first-order valence-electron chi connectivity index (χ1n) is 10.8. The lowest BCUT2D eigenvalue weighted by Gasteiger charge is -2.16. The summed E-state index contributed by atoms with van der Waals surface area (Å²) in [6.07, 6.45) is 1.70. The number of ether oxygens (including phenoxy) is 1. The van der Waals surface area contributed by atoms with Gasteiger partial charge in [-0.3, -0.25) is 9.59 Å². The summed E-state index contributed by atoms with van der Waals surface area (Å²) in [6, 6.07) is 12.1. The van der Waals surface area contributed by atoms with Crippen molar-refractivity contribution in [2.45, 2.75) is 24.8 Å². The molecule has 0 spiro atoms. The fourth-order valence-corrected chi connectivity index (χ4v) is 4.44. The van der Waals surface area contributed by atoms with Crippen LogP contribution in [0.2, 0.25) is 0 Å². The first-order chi connectivity index (χ1) is 16.8. The second-order valence-electron chi connectivity index (χ2n) is 6.67. The van der Waals surface area contributed by atoms with Crippen molar-refractivity contribution < 1.29 is 27.9 Å². The van der Waals surface area contributed by atoms with E-state index in [1.807, 2.05) is 19.2 Å². The quantitative estimate of drug-likeness (QED) is 0.267. The number of nitrogens with one attached hydrogen (secondary N) is 3. The van der Waals surface area contributed by atoms with Gasteiger partial charge in [-0.1, -0.05) is 32.0 Å². The van der Waals surface area contributed by atoms with Crippen LogP contribution in [-0.2, 0) is 14.8 Å². The zero-order valence-corrected chi connectivity index (χ0v) is 20.9. The standard InChI is InChI=1S/C21H22N4O6S2.C2H6/c26-19(15-6-8-16(9-7-15)31-12-10-22-21-23-11-13-32-21)24-14-18(20(27)28)25-33(29,30)17-4-2-1-3-5-17;1-2/h1-9,11,13,18,25H,10,12,14H2,(H,22,23)(H,24,26)(H,27,28);1-2H3. The molecule has 0 aliphatic rings. The molecule has 0 fully saturated rings. The first kappa shape index (κ1) is 27.8. The zero-order valence-electron chi connectivity index (χ0n) is 19.3. The molecule has 0 bridgehead atoms. The Morgan fingerprint density at radius 1 is 1.09 bits per heavy atom. The number of amides is 1. The third kappa shape index (κ3) is 9.00. The molecule has 0 saturated heterocycles. The van der Waals surface area contributed by atoms with Gasteiger partial charge in [0.1, 0.15) is 18.4 Å². The minimum Gasteiger partial charge on any atom is -0.492 e. The number of carbonyl (C=O) groups excluding carboxylic acids is 1. The van der Waals surface area contributed by atoms with Gasteiger partial charge in [0.05, 0.1) is 11.4 Å². The molecule has 0 saturated carbocycles. The smallest absolute Gasteiger partial charge is 0.323 e. The normalized spacial score (nSPS) is 11.5. The number of aromatic nitrogens is 1. The Morgan fingerprint density at radius 3 is 2.37 bits per heavy atom. The van der Waals surface area contributed by atoms with Crippen molar-refractivity contribution in [1.29, 1.82) is 0 Å². The largest absolute Gasteiger partial charge is 0.492 e. The summed E-state index contributed by atoms with van der Waals surface area (Å²) in [4.78, 5) is 27.9. The third-order valence-electron chi connectivity index (χ3n) is 4.31. The number of thiazole rings is 1. The van der Waals surface area contributed by atoms with Crippen molar-refractivity contribution >= 4 is 38.4 Å². The number of carboxylic acid groups (broad SMARTS) is 1. The van der Waals surface area contributed by atoms with E-state index in [1.165, 1.54) is 47.7 Å². The lowest BCUT2D eigenvalue weighted by Crippen LogP contribution is -2.48. The highest BCUT2D eigenvalue weighted by Gasteiger charge is 2.26. The van der Waals surface area contributed by atoms with Gasteiger partial charge in [-0.25, -0.2) is 13.4 Å². The summed E-state index contributed by atoms with van der Waals surface area (Å²) in [5.74, 6) is -1.39. The monoisotopic (exact) mass is 520 g/mol. The molecular weight excluding hydrogens is 492 g/mol. The fourth-order valence-electron chi connectivity index (χ4n) is 2.67. The predicted octanol–water partition coefficient (Wildman–Crippen LogP) is 2.82. The van der Waals surface area contributed by atoms with Crippen LogP contribution in [0.1, 0.15) is 24.2 Å². The second kappa shape index (κ2) is 14.0. The number of anilines is 1. The molecule has 12 heteroatoms. The first-order valence-corrected chi connectivity index (χ1v) is 13.2. The van der Waals surface area contributed by atoms with Crippen molar-refractivity contribution in [1.82, 2.24) is 15.0 Å². The number of benzene rings is 2. The molecule has 4 N–H and O–H groups in total. The van der Waals surface area contributed by atoms with Crippen LogP contribution >= 0.6 is 11.3 Å². The fraction of sp³-hybridized carbons (Fsp3) is 0.261. The lowest BCUT2D eigenvalue weighted by atomic mass is 10.2. The molecule has 188 valence electrons. The molecule has 2 aromatic carbocycles. The maximum absolute atomic E-state index is 12.4. The molecular formula is C23H28N4O6S2. The number of carboxylic acids is 1. The van der Waals surface area contributed by atoms with Crippen LogP contribution < -0.4 is 20.1 Å². The van der Waals surface area contributed by atoms with E-state index in [0.717, 1.165) is 5.13 Å². The number of hydrogen-bond acceptors (Lipinski definition) is 8. The Hall–Kier alpha value is -3.48. The van der Waals surface area contributed by atoms with Crippen molar-refractivity contribution in [3.8, 4) is 5.75 Å². The highest BCUT2D eigenvalue weighted by atomic mass is 32.2. The van der Waals surface area contributed by atoms with E-state index in [4.69, 9.17) is 4.74 Å². The summed E-state index contributed by atoms with van der Waals surface area (Å²) >= 11 is 1.49. The van der Waals surface area contributed by atoms with Gasteiger partial charge in [-0.2, -0.15) is 4.72 Å². The van der Waals surface area contributed by atoms with Gasteiger partial charge in [0, 0.05) is 23.7 Å². The van der Waals surface area contributed by atoms with Crippen LogP contribution in [-0.4, -0.2) is 56.1 Å².